The highest BCUT2D eigenvalue weighted by Gasteiger charge is 2.56. The lowest BCUT2D eigenvalue weighted by Gasteiger charge is -2.50. The largest absolute Gasteiger partial charge is 0.455 e. The smallest absolute Gasteiger partial charge is 0.303 e. The summed E-state index contributed by atoms with van der Waals surface area (Å²) in [6, 6.07) is 9.05. The maximum Gasteiger partial charge on any atom is 0.303 e. The molecular formula is C38H57NO4S. The van der Waals surface area contributed by atoms with E-state index in [0.717, 1.165) is 49.1 Å². The molecule has 5 nitrogen and oxygen atoms in total. The second-order valence-corrected chi connectivity index (χ2v) is 20.8. The minimum Gasteiger partial charge on any atom is -0.455 e. The van der Waals surface area contributed by atoms with Crippen molar-refractivity contribution >= 4 is 16.3 Å². The first-order valence-corrected chi connectivity index (χ1v) is 19.0. The van der Waals surface area contributed by atoms with Crippen LogP contribution in [0.15, 0.2) is 24.3 Å². The number of hydrogen-bond acceptors (Lipinski definition) is 5. The summed E-state index contributed by atoms with van der Waals surface area (Å²) in [5, 5.41) is 0. The molecule has 2 aromatic rings. The molecule has 3 unspecified atom stereocenters. The SMILES string of the molecule is CC(=O)OC1c2nc(C(C)C)c3c(c2C(OS(C)(C)C(C)(C)C)CC1(C)C)C1(CCCC1)OC3c1ccc(C(C)(C)C)cc1. The van der Waals surface area contributed by atoms with E-state index in [9.17, 15) is 4.79 Å². The Morgan fingerprint density at radius 2 is 1.59 bits per heavy atom. The van der Waals surface area contributed by atoms with Crippen molar-refractivity contribution in [1.82, 2.24) is 4.98 Å². The number of ether oxygens (including phenoxy) is 2. The predicted octanol–water partition coefficient (Wildman–Crippen LogP) is 10.3. The van der Waals surface area contributed by atoms with Crippen molar-refractivity contribution in [2.45, 2.75) is 148 Å². The van der Waals surface area contributed by atoms with Crippen molar-refractivity contribution in [1.29, 1.82) is 0 Å². The number of nitrogens with zero attached hydrogens (tertiary/aromatic N) is 1. The maximum atomic E-state index is 12.6. The minimum absolute atomic E-state index is 0.00258. The molecule has 0 bridgehead atoms. The summed E-state index contributed by atoms with van der Waals surface area (Å²) < 4.78 is 20.9. The maximum absolute atomic E-state index is 12.6. The Balaban J connectivity index is 1.82. The number of rotatable bonds is 5. The Kier molecular flexibility index (Phi) is 8.46. The number of fused-ring (bicyclic) bond motifs is 4. The van der Waals surface area contributed by atoms with Crippen LogP contribution in [0.2, 0.25) is 0 Å². The van der Waals surface area contributed by atoms with Gasteiger partial charge >= 0.3 is 5.97 Å². The summed E-state index contributed by atoms with van der Waals surface area (Å²) in [7, 11) is -1.47. The van der Waals surface area contributed by atoms with Crippen LogP contribution in [0.5, 0.6) is 0 Å². The van der Waals surface area contributed by atoms with Gasteiger partial charge in [0.2, 0.25) is 0 Å². The standard InChI is InChI=1S/C38H57NO4S/c1-23(2)31-29-30(38(20-14-15-21-38)42-33(29)25-16-18-26(19-17-25)35(4,5)6)28-27(43-44(12,13)36(7,8)9)22-37(10,11)34(32(28)39-31)41-24(3)40/h16-19,23,27,33-34H,14-15,20-22H2,1-13H3. The van der Waals surface area contributed by atoms with Crippen molar-refractivity contribution in [2.75, 3.05) is 12.5 Å². The van der Waals surface area contributed by atoms with Gasteiger partial charge in [0.25, 0.3) is 0 Å². The molecule has 3 aliphatic rings. The second kappa shape index (κ2) is 11.1. The third-order valence-corrected chi connectivity index (χ3v) is 14.2. The monoisotopic (exact) mass is 623 g/mol. The topological polar surface area (TPSA) is 57.7 Å². The molecule has 0 radical (unpaired) electrons. The van der Waals surface area contributed by atoms with Crippen LogP contribution < -0.4 is 0 Å². The quantitative estimate of drug-likeness (QED) is 0.310. The van der Waals surface area contributed by atoms with Gasteiger partial charge in [0.1, 0.15) is 12.2 Å². The third-order valence-electron chi connectivity index (χ3n) is 10.5. The first-order valence-electron chi connectivity index (χ1n) is 16.6. The van der Waals surface area contributed by atoms with E-state index < -0.39 is 22.0 Å². The van der Waals surface area contributed by atoms with Crippen LogP contribution in [-0.2, 0) is 29.5 Å². The Labute approximate surface area is 268 Å². The molecule has 1 aromatic carbocycles. The Morgan fingerprint density at radius 1 is 1.00 bits per heavy atom. The fraction of sp³-hybridized carbons (Fsp3) is 0.684. The number of benzene rings is 1. The fourth-order valence-corrected chi connectivity index (χ4v) is 8.41. The van der Waals surface area contributed by atoms with Crippen molar-refractivity contribution in [2.24, 2.45) is 5.41 Å². The molecule has 244 valence electrons. The molecule has 2 heterocycles. The Bertz CT molecular complexity index is 1400. The van der Waals surface area contributed by atoms with Crippen LogP contribution in [0.3, 0.4) is 0 Å². The zero-order valence-corrected chi connectivity index (χ0v) is 30.5. The molecule has 3 atom stereocenters. The normalized spacial score (nSPS) is 24.8. The number of pyridine rings is 1. The predicted molar refractivity (Wildman–Crippen MR) is 182 cm³/mol. The van der Waals surface area contributed by atoms with Crippen LogP contribution in [0, 0.1) is 5.41 Å². The van der Waals surface area contributed by atoms with Crippen molar-refractivity contribution in [3.05, 3.63) is 63.5 Å². The lowest BCUT2D eigenvalue weighted by Crippen LogP contribution is -2.39. The van der Waals surface area contributed by atoms with Gasteiger partial charge in [-0.1, -0.05) is 106 Å². The molecule has 0 N–H and O–H groups in total. The van der Waals surface area contributed by atoms with Crippen LogP contribution in [0.1, 0.15) is 172 Å². The lowest BCUT2D eigenvalue weighted by atomic mass is 9.68. The van der Waals surface area contributed by atoms with E-state index in [2.05, 4.69) is 106 Å². The summed E-state index contributed by atoms with van der Waals surface area (Å²) >= 11 is 0. The molecular weight excluding hydrogens is 566 g/mol. The van der Waals surface area contributed by atoms with Crippen LogP contribution in [0.4, 0.5) is 0 Å². The van der Waals surface area contributed by atoms with E-state index >= 15 is 0 Å². The summed E-state index contributed by atoms with van der Waals surface area (Å²) in [5.41, 5.74) is 7.41. The van der Waals surface area contributed by atoms with Gasteiger partial charge < -0.3 is 13.7 Å². The third kappa shape index (κ3) is 5.77. The molecule has 1 saturated carbocycles. The first kappa shape index (κ1) is 33.5. The highest BCUT2D eigenvalue weighted by atomic mass is 32.3. The minimum atomic E-state index is -1.47. The molecule has 1 fully saturated rings. The summed E-state index contributed by atoms with van der Waals surface area (Å²) in [4.78, 5) is 18.1. The van der Waals surface area contributed by atoms with E-state index in [1.165, 1.54) is 29.2 Å². The van der Waals surface area contributed by atoms with Gasteiger partial charge in [-0.2, -0.15) is 0 Å². The Hall–Kier alpha value is -1.89. The highest BCUT2D eigenvalue weighted by Crippen LogP contribution is 2.65. The second-order valence-electron chi connectivity index (χ2n) is 16.9. The van der Waals surface area contributed by atoms with E-state index in [4.69, 9.17) is 18.6 Å². The van der Waals surface area contributed by atoms with Gasteiger partial charge in [-0.05, 0) is 59.8 Å². The van der Waals surface area contributed by atoms with Crippen LogP contribution in [-0.4, -0.2) is 28.2 Å². The van der Waals surface area contributed by atoms with E-state index in [-0.39, 0.29) is 39.7 Å². The van der Waals surface area contributed by atoms with Gasteiger partial charge in [-0.3, -0.25) is 9.78 Å². The molecule has 1 aliphatic heterocycles. The van der Waals surface area contributed by atoms with Gasteiger partial charge in [0.05, 0.1) is 17.4 Å². The lowest BCUT2D eigenvalue weighted by molar-refractivity contribution is -0.156. The fourth-order valence-electron chi connectivity index (χ4n) is 7.38. The molecule has 2 aliphatic carbocycles. The zero-order valence-electron chi connectivity index (χ0n) is 29.6. The van der Waals surface area contributed by atoms with Crippen molar-refractivity contribution in [3.63, 3.8) is 0 Å². The van der Waals surface area contributed by atoms with E-state index in [1.54, 1.807) is 0 Å². The van der Waals surface area contributed by atoms with E-state index in [0.29, 0.717) is 0 Å². The summed E-state index contributed by atoms with van der Waals surface area (Å²) in [5.74, 6) is -0.101. The number of carbonyl (C=O) groups excluding carboxylic acids is 1. The van der Waals surface area contributed by atoms with Gasteiger partial charge in [0, 0.05) is 33.9 Å². The van der Waals surface area contributed by atoms with Crippen molar-refractivity contribution in [3.8, 4) is 0 Å². The summed E-state index contributed by atoms with van der Waals surface area (Å²) in [6.45, 7) is 24.0. The molecule has 1 aromatic heterocycles. The van der Waals surface area contributed by atoms with Crippen molar-refractivity contribution < 1.29 is 18.5 Å². The Morgan fingerprint density at radius 3 is 2.09 bits per heavy atom. The first-order chi connectivity index (χ1) is 20.2. The van der Waals surface area contributed by atoms with Crippen LogP contribution in [0.25, 0.3) is 0 Å². The van der Waals surface area contributed by atoms with Gasteiger partial charge in [-0.25, -0.2) is 0 Å². The molecule has 5 rings (SSSR count). The average Bonchev–Trinajstić information content (AvgIpc) is 3.49. The molecule has 0 saturated heterocycles. The van der Waals surface area contributed by atoms with Gasteiger partial charge in [0.15, 0.2) is 0 Å². The summed E-state index contributed by atoms with van der Waals surface area (Å²) in [6.07, 6.45) is 8.74. The molecule has 44 heavy (non-hydrogen) atoms. The van der Waals surface area contributed by atoms with Crippen LogP contribution >= 0.6 is 10.3 Å². The number of carbonyl (C=O) groups is 1. The number of hydrogen-bond donors (Lipinski definition) is 0. The molecule has 6 heteroatoms. The van der Waals surface area contributed by atoms with Gasteiger partial charge in [-0.15, -0.1) is 10.3 Å². The van der Waals surface area contributed by atoms with E-state index in [1.807, 2.05) is 0 Å². The number of aromatic nitrogens is 1. The molecule has 0 amide bonds. The molecule has 1 spiro atoms. The number of esters is 1. The highest BCUT2D eigenvalue weighted by molar-refractivity contribution is 8.29. The average molecular weight is 624 g/mol. The zero-order chi connectivity index (χ0) is 32.6.